The Morgan fingerprint density at radius 1 is 1.28 bits per heavy atom. The number of rotatable bonds is 3. The zero-order valence-corrected chi connectivity index (χ0v) is 11.6. The summed E-state index contributed by atoms with van der Waals surface area (Å²) in [7, 11) is 0. The Hall–Kier alpha value is -0.670. The summed E-state index contributed by atoms with van der Waals surface area (Å²) in [6, 6.07) is 6.48. The minimum absolute atomic E-state index is 0.767. The normalized spacial score (nSPS) is 20.4. The van der Waals surface area contributed by atoms with Crippen molar-refractivity contribution < 1.29 is 4.74 Å². The fourth-order valence-corrected chi connectivity index (χ4v) is 3.96. The van der Waals surface area contributed by atoms with Gasteiger partial charge in [0.25, 0.3) is 0 Å². The minimum atomic E-state index is 0.767. The van der Waals surface area contributed by atoms with Crippen molar-refractivity contribution in [2.45, 2.75) is 25.8 Å². The maximum absolute atomic E-state index is 6.11. The SMILES string of the molecule is c1cc2c(c(OCC3CCSCC3)c1)CCNC2. The average Bonchev–Trinajstić information content (AvgIpc) is 2.46. The summed E-state index contributed by atoms with van der Waals surface area (Å²) < 4.78 is 6.11. The highest BCUT2D eigenvalue weighted by atomic mass is 32.2. The van der Waals surface area contributed by atoms with Gasteiger partial charge in [0, 0.05) is 6.54 Å². The van der Waals surface area contributed by atoms with Gasteiger partial charge in [-0.25, -0.2) is 0 Å². The van der Waals surface area contributed by atoms with Gasteiger partial charge in [-0.05, 0) is 60.4 Å². The van der Waals surface area contributed by atoms with E-state index in [2.05, 4.69) is 35.3 Å². The molecule has 1 fully saturated rings. The Kier molecular flexibility index (Phi) is 4.11. The number of ether oxygens (including phenoxy) is 1. The average molecular weight is 263 g/mol. The molecule has 0 bridgehead atoms. The van der Waals surface area contributed by atoms with Crippen LogP contribution in [0.15, 0.2) is 18.2 Å². The predicted molar refractivity (Wildman–Crippen MR) is 77.4 cm³/mol. The fourth-order valence-electron chi connectivity index (χ4n) is 2.75. The van der Waals surface area contributed by atoms with Crippen LogP contribution in [0.3, 0.4) is 0 Å². The van der Waals surface area contributed by atoms with Crippen LogP contribution in [-0.4, -0.2) is 24.7 Å². The van der Waals surface area contributed by atoms with E-state index in [9.17, 15) is 0 Å². The summed E-state index contributed by atoms with van der Waals surface area (Å²) in [5.41, 5.74) is 2.85. The largest absolute Gasteiger partial charge is 0.493 e. The zero-order chi connectivity index (χ0) is 12.2. The Balaban J connectivity index is 1.65. The summed E-state index contributed by atoms with van der Waals surface area (Å²) in [4.78, 5) is 0. The molecule has 2 nitrogen and oxygen atoms in total. The van der Waals surface area contributed by atoms with E-state index in [1.165, 1.54) is 35.5 Å². The third-order valence-electron chi connectivity index (χ3n) is 3.91. The van der Waals surface area contributed by atoms with Gasteiger partial charge >= 0.3 is 0 Å². The quantitative estimate of drug-likeness (QED) is 0.906. The molecular formula is C15H21NOS. The Labute approximate surface area is 113 Å². The lowest BCUT2D eigenvalue weighted by atomic mass is 10.00. The first-order chi connectivity index (χ1) is 8.93. The van der Waals surface area contributed by atoms with E-state index in [-0.39, 0.29) is 0 Å². The number of nitrogens with one attached hydrogen (secondary N) is 1. The maximum atomic E-state index is 6.11. The van der Waals surface area contributed by atoms with Crippen molar-refractivity contribution >= 4 is 11.8 Å². The molecule has 0 aromatic heterocycles. The monoisotopic (exact) mass is 263 g/mol. The van der Waals surface area contributed by atoms with Gasteiger partial charge < -0.3 is 10.1 Å². The molecule has 0 spiro atoms. The Morgan fingerprint density at radius 2 is 2.17 bits per heavy atom. The van der Waals surface area contributed by atoms with Crippen LogP contribution >= 0.6 is 11.8 Å². The summed E-state index contributed by atoms with van der Waals surface area (Å²) in [6.07, 6.45) is 3.74. The molecule has 1 aromatic carbocycles. The Bertz CT molecular complexity index is 401. The molecule has 18 heavy (non-hydrogen) atoms. The number of hydrogen-bond donors (Lipinski definition) is 1. The van der Waals surface area contributed by atoms with Gasteiger partial charge in [0.15, 0.2) is 0 Å². The lowest BCUT2D eigenvalue weighted by Gasteiger charge is -2.24. The third-order valence-corrected chi connectivity index (χ3v) is 4.96. The minimum Gasteiger partial charge on any atom is -0.493 e. The second-order valence-corrected chi connectivity index (χ2v) is 6.41. The van der Waals surface area contributed by atoms with Crippen LogP contribution in [-0.2, 0) is 13.0 Å². The van der Waals surface area contributed by atoms with Crippen LogP contribution in [0.25, 0.3) is 0 Å². The topological polar surface area (TPSA) is 21.3 Å². The van der Waals surface area contributed by atoms with E-state index in [1.807, 2.05) is 0 Å². The number of fused-ring (bicyclic) bond motifs is 1. The highest BCUT2D eigenvalue weighted by Gasteiger charge is 2.17. The van der Waals surface area contributed by atoms with Gasteiger partial charge in [0.05, 0.1) is 6.61 Å². The van der Waals surface area contributed by atoms with Gasteiger partial charge in [-0.15, -0.1) is 0 Å². The van der Waals surface area contributed by atoms with E-state index >= 15 is 0 Å². The van der Waals surface area contributed by atoms with Gasteiger partial charge in [-0.3, -0.25) is 0 Å². The van der Waals surface area contributed by atoms with Crippen molar-refractivity contribution in [3.05, 3.63) is 29.3 Å². The third kappa shape index (κ3) is 2.83. The molecule has 98 valence electrons. The molecule has 1 N–H and O–H groups in total. The van der Waals surface area contributed by atoms with Crippen molar-refractivity contribution in [1.82, 2.24) is 5.32 Å². The summed E-state index contributed by atoms with van der Waals surface area (Å²) >= 11 is 2.08. The van der Waals surface area contributed by atoms with Crippen LogP contribution in [0.4, 0.5) is 0 Å². The first-order valence-corrected chi connectivity index (χ1v) is 8.11. The van der Waals surface area contributed by atoms with Crippen molar-refractivity contribution in [1.29, 1.82) is 0 Å². The molecule has 2 aliphatic heterocycles. The van der Waals surface area contributed by atoms with E-state index in [1.54, 1.807) is 0 Å². The van der Waals surface area contributed by atoms with Crippen LogP contribution in [0.2, 0.25) is 0 Å². The van der Waals surface area contributed by atoms with Crippen LogP contribution in [0.5, 0.6) is 5.75 Å². The predicted octanol–water partition coefficient (Wildman–Crippen LogP) is 2.85. The molecule has 0 amide bonds. The molecule has 0 radical (unpaired) electrons. The molecule has 1 saturated heterocycles. The number of hydrogen-bond acceptors (Lipinski definition) is 3. The van der Waals surface area contributed by atoms with Crippen molar-refractivity contribution in [2.24, 2.45) is 5.92 Å². The van der Waals surface area contributed by atoms with E-state index in [0.717, 1.165) is 37.8 Å². The van der Waals surface area contributed by atoms with E-state index < -0.39 is 0 Å². The second-order valence-electron chi connectivity index (χ2n) is 5.19. The lowest BCUT2D eigenvalue weighted by Crippen LogP contribution is -2.24. The second kappa shape index (κ2) is 5.98. The summed E-state index contributed by atoms with van der Waals surface area (Å²) in [6.45, 7) is 2.98. The first kappa shape index (κ1) is 12.4. The smallest absolute Gasteiger partial charge is 0.122 e. The zero-order valence-electron chi connectivity index (χ0n) is 10.8. The lowest BCUT2D eigenvalue weighted by molar-refractivity contribution is 0.237. The molecule has 0 unspecified atom stereocenters. The standard InChI is InChI=1S/C15H21NOS/c1-2-13-10-16-7-4-14(13)15(3-1)17-11-12-5-8-18-9-6-12/h1-3,12,16H,4-11H2. The van der Waals surface area contributed by atoms with E-state index in [0.29, 0.717) is 0 Å². The number of benzene rings is 1. The molecule has 2 heterocycles. The van der Waals surface area contributed by atoms with Crippen LogP contribution in [0, 0.1) is 5.92 Å². The van der Waals surface area contributed by atoms with Gasteiger partial charge in [0.1, 0.15) is 5.75 Å². The van der Waals surface area contributed by atoms with Crippen molar-refractivity contribution in [3.63, 3.8) is 0 Å². The molecule has 2 aliphatic rings. The summed E-state index contributed by atoms with van der Waals surface area (Å²) in [5.74, 6) is 4.52. The molecule has 0 aliphatic carbocycles. The molecule has 0 atom stereocenters. The molecule has 3 rings (SSSR count). The van der Waals surface area contributed by atoms with Gasteiger partial charge in [-0.2, -0.15) is 11.8 Å². The van der Waals surface area contributed by atoms with Crippen LogP contribution < -0.4 is 10.1 Å². The molecular weight excluding hydrogens is 242 g/mol. The van der Waals surface area contributed by atoms with Crippen LogP contribution in [0.1, 0.15) is 24.0 Å². The first-order valence-electron chi connectivity index (χ1n) is 6.95. The molecule has 1 aromatic rings. The molecule has 3 heteroatoms. The Morgan fingerprint density at radius 3 is 3.06 bits per heavy atom. The highest BCUT2D eigenvalue weighted by Crippen LogP contribution is 2.28. The number of thioether (sulfide) groups is 1. The molecule has 0 saturated carbocycles. The summed E-state index contributed by atoms with van der Waals surface area (Å²) in [5, 5.41) is 3.42. The fraction of sp³-hybridized carbons (Fsp3) is 0.600. The van der Waals surface area contributed by atoms with Gasteiger partial charge in [0.2, 0.25) is 0 Å². The van der Waals surface area contributed by atoms with Gasteiger partial charge in [-0.1, -0.05) is 12.1 Å². The van der Waals surface area contributed by atoms with E-state index in [4.69, 9.17) is 4.74 Å². The van der Waals surface area contributed by atoms with Crippen molar-refractivity contribution in [2.75, 3.05) is 24.7 Å². The highest BCUT2D eigenvalue weighted by molar-refractivity contribution is 7.99. The maximum Gasteiger partial charge on any atom is 0.122 e. The van der Waals surface area contributed by atoms with Crippen molar-refractivity contribution in [3.8, 4) is 5.75 Å².